The molecule has 1 N–H and O–H groups in total. The number of carbonyl (C=O) groups excluding carboxylic acids is 1. The summed E-state index contributed by atoms with van der Waals surface area (Å²) in [5, 5.41) is 3.13. The number of anilines is 1. The molecule has 4 heteroatoms. The fourth-order valence-electron chi connectivity index (χ4n) is 2.57. The van der Waals surface area contributed by atoms with Crippen LogP contribution < -0.4 is 10.2 Å². The van der Waals surface area contributed by atoms with Gasteiger partial charge in [0, 0.05) is 25.3 Å². The monoisotopic (exact) mass is 296 g/mol. The Morgan fingerprint density at radius 3 is 2.18 bits per heavy atom. The minimum absolute atomic E-state index is 0.0718. The van der Waals surface area contributed by atoms with Crippen molar-refractivity contribution in [3.05, 3.63) is 65.7 Å². The van der Waals surface area contributed by atoms with Gasteiger partial charge in [0.1, 0.15) is 5.54 Å². The summed E-state index contributed by atoms with van der Waals surface area (Å²) >= 11 is 0. The highest BCUT2D eigenvalue weighted by atomic mass is 16.5. The number of hydrogen-bond acceptors (Lipinski definition) is 3. The number of benzene rings is 2. The van der Waals surface area contributed by atoms with Gasteiger partial charge in [-0.1, -0.05) is 30.3 Å². The van der Waals surface area contributed by atoms with E-state index in [0.29, 0.717) is 18.8 Å². The van der Waals surface area contributed by atoms with Crippen molar-refractivity contribution in [2.24, 2.45) is 0 Å². The van der Waals surface area contributed by atoms with E-state index in [2.05, 4.69) is 5.32 Å². The molecule has 114 valence electrons. The molecule has 1 aliphatic heterocycles. The van der Waals surface area contributed by atoms with E-state index >= 15 is 0 Å². The van der Waals surface area contributed by atoms with Gasteiger partial charge in [-0.2, -0.15) is 0 Å². The standard InChI is InChI=1S/C18H20N2O2/c1-20(2)16-10-8-14(9-11-16)17(21)19-18(12-22-13-18)15-6-4-3-5-7-15/h3-11H,12-13H2,1-2H3,(H,19,21). The second kappa shape index (κ2) is 5.81. The highest BCUT2D eigenvalue weighted by Gasteiger charge is 2.41. The Kier molecular flexibility index (Phi) is 3.86. The van der Waals surface area contributed by atoms with Crippen molar-refractivity contribution < 1.29 is 9.53 Å². The lowest BCUT2D eigenvalue weighted by molar-refractivity contribution is -0.0733. The Hall–Kier alpha value is -2.33. The summed E-state index contributed by atoms with van der Waals surface area (Å²) in [5.74, 6) is -0.0718. The number of ether oxygens (including phenoxy) is 1. The summed E-state index contributed by atoms with van der Waals surface area (Å²) in [7, 11) is 3.95. The molecule has 0 saturated carbocycles. The van der Waals surface area contributed by atoms with Crippen molar-refractivity contribution in [1.82, 2.24) is 5.32 Å². The number of hydrogen-bond donors (Lipinski definition) is 1. The second-order valence-corrected chi connectivity index (χ2v) is 5.84. The van der Waals surface area contributed by atoms with E-state index in [1.807, 2.05) is 73.6 Å². The first-order chi connectivity index (χ1) is 10.6. The van der Waals surface area contributed by atoms with Gasteiger partial charge >= 0.3 is 0 Å². The Morgan fingerprint density at radius 1 is 1.05 bits per heavy atom. The van der Waals surface area contributed by atoms with Crippen LogP contribution in [0.5, 0.6) is 0 Å². The minimum atomic E-state index is -0.404. The lowest BCUT2D eigenvalue weighted by Gasteiger charge is -2.42. The molecule has 1 saturated heterocycles. The van der Waals surface area contributed by atoms with Crippen molar-refractivity contribution in [2.75, 3.05) is 32.2 Å². The molecule has 1 fully saturated rings. The van der Waals surface area contributed by atoms with E-state index < -0.39 is 5.54 Å². The molecule has 2 aromatic rings. The molecule has 0 aliphatic carbocycles. The van der Waals surface area contributed by atoms with Gasteiger partial charge in [-0.3, -0.25) is 4.79 Å². The van der Waals surface area contributed by atoms with Gasteiger partial charge < -0.3 is 15.0 Å². The molecule has 0 unspecified atom stereocenters. The van der Waals surface area contributed by atoms with Crippen LogP contribution in [0.3, 0.4) is 0 Å². The van der Waals surface area contributed by atoms with Crippen molar-refractivity contribution in [1.29, 1.82) is 0 Å². The second-order valence-electron chi connectivity index (χ2n) is 5.84. The number of carbonyl (C=O) groups is 1. The molecule has 0 bridgehead atoms. The Labute approximate surface area is 130 Å². The van der Waals surface area contributed by atoms with Gasteiger partial charge in [0.05, 0.1) is 13.2 Å². The first-order valence-corrected chi connectivity index (χ1v) is 7.34. The van der Waals surface area contributed by atoms with E-state index in [-0.39, 0.29) is 5.91 Å². The third-order valence-electron chi connectivity index (χ3n) is 4.02. The molecule has 1 aliphatic rings. The summed E-state index contributed by atoms with van der Waals surface area (Å²) in [5.41, 5.74) is 2.41. The zero-order valence-corrected chi connectivity index (χ0v) is 12.9. The van der Waals surface area contributed by atoms with E-state index in [1.165, 1.54) is 0 Å². The number of nitrogens with one attached hydrogen (secondary N) is 1. The van der Waals surface area contributed by atoms with Crippen LogP contribution in [0.1, 0.15) is 15.9 Å². The van der Waals surface area contributed by atoms with Crippen molar-refractivity contribution in [3.63, 3.8) is 0 Å². The Balaban J connectivity index is 1.78. The maximum absolute atomic E-state index is 12.5. The molecule has 0 radical (unpaired) electrons. The van der Waals surface area contributed by atoms with Gasteiger partial charge in [-0.25, -0.2) is 0 Å². The first-order valence-electron chi connectivity index (χ1n) is 7.34. The Morgan fingerprint density at radius 2 is 1.68 bits per heavy atom. The summed E-state index contributed by atoms with van der Waals surface area (Å²) in [6, 6.07) is 17.6. The fraction of sp³-hybridized carbons (Fsp3) is 0.278. The number of amides is 1. The van der Waals surface area contributed by atoms with Crippen molar-refractivity contribution in [2.45, 2.75) is 5.54 Å². The number of nitrogens with zero attached hydrogens (tertiary/aromatic N) is 1. The van der Waals surface area contributed by atoms with Gasteiger partial charge in [0.25, 0.3) is 5.91 Å². The molecule has 2 aromatic carbocycles. The van der Waals surface area contributed by atoms with Gasteiger partial charge in [-0.15, -0.1) is 0 Å². The van der Waals surface area contributed by atoms with Crippen LogP contribution in [-0.4, -0.2) is 33.2 Å². The van der Waals surface area contributed by atoms with Crippen LogP contribution in [0.15, 0.2) is 54.6 Å². The van der Waals surface area contributed by atoms with Crippen LogP contribution >= 0.6 is 0 Å². The van der Waals surface area contributed by atoms with Crippen molar-refractivity contribution >= 4 is 11.6 Å². The topological polar surface area (TPSA) is 41.6 Å². The largest absolute Gasteiger partial charge is 0.378 e. The van der Waals surface area contributed by atoms with Crippen LogP contribution in [0.2, 0.25) is 0 Å². The van der Waals surface area contributed by atoms with Crippen molar-refractivity contribution in [3.8, 4) is 0 Å². The molecule has 0 spiro atoms. The van der Waals surface area contributed by atoms with Gasteiger partial charge in [0.2, 0.25) is 0 Å². The van der Waals surface area contributed by atoms with E-state index in [9.17, 15) is 4.79 Å². The fourth-order valence-corrected chi connectivity index (χ4v) is 2.57. The maximum atomic E-state index is 12.5. The summed E-state index contributed by atoms with van der Waals surface area (Å²) in [6.07, 6.45) is 0. The average molecular weight is 296 g/mol. The summed E-state index contributed by atoms with van der Waals surface area (Å²) < 4.78 is 5.36. The normalized spacial score (nSPS) is 15.7. The predicted octanol–water partition coefficient (Wildman–Crippen LogP) is 2.41. The zero-order valence-electron chi connectivity index (χ0n) is 12.9. The molecule has 22 heavy (non-hydrogen) atoms. The molecule has 1 amide bonds. The maximum Gasteiger partial charge on any atom is 0.252 e. The highest BCUT2D eigenvalue weighted by molar-refractivity contribution is 5.95. The van der Waals surface area contributed by atoms with Gasteiger partial charge in [0.15, 0.2) is 0 Å². The van der Waals surface area contributed by atoms with Crippen LogP contribution in [0, 0.1) is 0 Å². The predicted molar refractivity (Wildman–Crippen MR) is 87.2 cm³/mol. The zero-order chi connectivity index (χ0) is 15.6. The Bertz CT molecular complexity index is 647. The quantitative estimate of drug-likeness (QED) is 0.942. The van der Waals surface area contributed by atoms with Crippen LogP contribution in [0.25, 0.3) is 0 Å². The lowest BCUT2D eigenvalue weighted by atomic mass is 9.87. The molecular formula is C18H20N2O2. The van der Waals surface area contributed by atoms with E-state index in [4.69, 9.17) is 4.74 Å². The van der Waals surface area contributed by atoms with Crippen LogP contribution in [-0.2, 0) is 10.3 Å². The SMILES string of the molecule is CN(C)c1ccc(C(=O)NC2(c3ccccc3)COC2)cc1. The van der Waals surface area contributed by atoms with Gasteiger partial charge in [-0.05, 0) is 29.8 Å². The number of rotatable bonds is 4. The average Bonchev–Trinajstić information content (AvgIpc) is 2.51. The molecule has 0 atom stereocenters. The first kappa shape index (κ1) is 14.6. The molecule has 4 nitrogen and oxygen atoms in total. The third-order valence-corrected chi connectivity index (χ3v) is 4.02. The summed E-state index contributed by atoms with van der Waals surface area (Å²) in [4.78, 5) is 14.5. The molecular weight excluding hydrogens is 276 g/mol. The molecule has 0 aromatic heterocycles. The summed E-state index contributed by atoms with van der Waals surface area (Å²) in [6.45, 7) is 1.02. The smallest absolute Gasteiger partial charge is 0.252 e. The van der Waals surface area contributed by atoms with E-state index in [0.717, 1.165) is 11.3 Å². The molecule has 3 rings (SSSR count). The lowest BCUT2D eigenvalue weighted by Crippen LogP contribution is -2.59. The minimum Gasteiger partial charge on any atom is -0.378 e. The van der Waals surface area contributed by atoms with E-state index in [1.54, 1.807) is 0 Å². The van der Waals surface area contributed by atoms with Crippen LogP contribution in [0.4, 0.5) is 5.69 Å². The molecule has 1 heterocycles. The highest BCUT2D eigenvalue weighted by Crippen LogP contribution is 2.29. The third kappa shape index (κ3) is 2.70.